The van der Waals surface area contributed by atoms with Crippen molar-refractivity contribution < 1.29 is 4.74 Å². The quantitative estimate of drug-likeness (QED) is 0.633. The van der Waals surface area contributed by atoms with Crippen LogP contribution in [0.2, 0.25) is 0 Å². The Morgan fingerprint density at radius 2 is 2.33 bits per heavy atom. The highest BCUT2D eigenvalue weighted by atomic mass is 16.5. The predicted molar refractivity (Wildman–Crippen MR) is 55.7 cm³/mol. The molecule has 0 bridgehead atoms. The van der Waals surface area contributed by atoms with E-state index in [2.05, 4.69) is 15.2 Å². The number of hydrogen-bond donors (Lipinski definition) is 3. The molecule has 0 saturated carbocycles. The lowest BCUT2D eigenvalue weighted by Gasteiger charge is -1.98. The molecule has 0 fully saturated rings. The van der Waals surface area contributed by atoms with Gasteiger partial charge in [0, 0.05) is 6.42 Å². The molecular formula is C8H14N6O. The second kappa shape index (κ2) is 3.77. The summed E-state index contributed by atoms with van der Waals surface area (Å²) in [6.07, 6.45) is 0.638. The molecule has 0 radical (unpaired) electrons. The molecule has 0 unspecified atom stereocenters. The first-order valence-electron chi connectivity index (χ1n) is 4.82. The molecule has 0 amide bonds. The fraction of sp³-hybridized carbons (Fsp3) is 0.500. The number of aromatic amines is 1. The van der Waals surface area contributed by atoms with E-state index in [9.17, 15) is 0 Å². The van der Waals surface area contributed by atoms with Crippen molar-refractivity contribution in [3.63, 3.8) is 0 Å². The molecule has 5 N–H and O–H groups in total. The van der Waals surface area contributed by atoms with Gasteiger partial charge in [-0.2, -0.15) is 0 Å². The van der Waals surface area contributed by atoms with Gasteiger partial charge < -0.3 is 16.2 Å². The second-order valence-corrected chi connectivity index (χ2v) is 3.09. The van der Waals surface area contributed by atoms with Crippen LogP contribution in [0.25, 0.3) is 5.65 Å². The third-order valence-corrected chi connectivity index (χ3v) is 2.00. The summed E-state index contributed by atoms with van der Waals surface area (Å²) in [7, 11) is 0. The summed E-state index contributed by atoms with van der Waals surface area (Å²) < 4.78 is 6.78. The van der Waals surface area contributed by atoms with Crippen LogP contribution in [0.3, 0.4) is 0 Å². The van der Waals surface area contributed by atoms with Crippen molar-refractivity contribution in [1.82, 2.24) is 19.8 Å². The van der Waals surface area contributed by atoms with E-state index >= 15 is 0 Å². The highest BCUT2D eigenvalue weighted by Crippen LogP contribution is 2.23. The monoisotopic (exact) mass is 210 g/mol. The fourth-order valence-electron chi connectivity index (χ4n) is 1.35. The first-order valence-corrected chi connectivity index (χ1v) is 4.82. The molecule has 0 aliphatic rings. The largest absolute Gasteiger partial charge is 0.477 e. The van der Waals surface area contributed by atoms with E-state index in [1.165, 1.54) is 4.63 Å². The number of ether oxygens (including phenoxy) is 1. The first kappa shape index (κ1) is 9.78. The normalized spacial score (nSPS) is 11.1. The topological polar surface area (TPSA) is 107 Å². The Morgan fingerprint density at radius 1 is 1.53 bits per heavy atom. The maximum absolute atomic E-state index is 5.82. The van der Waals surface area contributed by atoms with Gasteiger partial charge in [-0.25, -0.2) is 10.1 Å². The molecule has 0 aliphatic carbocycles. The van der Waals surface area contributed by atoms with Gasteiger partial charge in [-0.3, -0.25) is 0 Å². The predicted octanol–water partition coefficient (Wildman–Crippen LogP) is -0.460. The molecule has 7 nitrogen and oxygen atoms in total. The first-order chi connectivity index (χ1) is 7.26. The Labute approximate surface area is 86.4 Å². The maximum atomic E-state index is 5.82. The molecule has 0 aliphatic heterocycles. The third-order valence-electron chi connectivity index (χ3n) is 2.00. The lowest BCUT2D eigenvalue weighted by atomic mass is 10.4. The average molecular weight is 210 g/mol. The van der Waals surface area contributed by atoms with Crippen LogP contribution in [0.15, 0.2) is 0 Å². The standard InChI is InChI=1S/C8H14N6O/c1-2-15-8-6(10)7-11-5(3-4-9)12-14(7)13-8/h13H,2-4,9-10H2,1H3. The summed E-state index contributed by atoms with van der Waals surface area (Å²) >= 11 is 0. The summed E-state index contributed by atoms with van der Waals surface area (Å²) in [5, 5.41) is 7.07. The number of aromatic nitrogens is 4. The highest BCUT2D eigenvalue weighted by molar-refractivity contribution is 5.70. The van der Waals surface area contributed by atoms with Crippen molar-refractivity contribution >= 4 is 11.3 Å². The molecule has 15 heavy (non-hydrogen) atoms. The number of nitrogens with zero attached hydrogens (tertiary/aromatic N) is 3. The molecule has 0 spiro atoms. The van der Waals surface area contributed by atoms with Gasteiger partial charge in [0.05, 0.1) is 6.61 Å². The Kier molecular flexibility index (Phi) is 2.46. The van der Waals surface area contributed by atoms with E-state index in [1.807, 2.05) is 6.92 Å². The zero-order valence-corrected chi connectivity index (χ0v) is 8.53. The molecule has 0 atom stereocenters. The van der Waals surface area contributed by atoms with Crippen LogP contribution in [0.4, 0.5) is 5.69 Å². The SMILES string of the molecule is CCOc1[nH]n2nc(CCN)nc2c1N. The average Bonchev–Trinajstić information content (AvgIpc) is 2.70. The van der Waals surface area contributed by atoms with Crippen molar-refractivity contribution in [2.45, 2.75) is 13.3 Å². The summed E-state index contributed by atoms with van der Waals surface area (Å²) in [6.45, 7) is 2.95. The van der Waals surface area contributed by atoms with Gasteiger partial charge in [0.2, 0.25) is 11.5 Å². The van der Waals surface area contributed by atoms with Gasteiger partial charge in [-0.15, -0.1) is 9.73 Å². The lowest BCUT2D eigenvalue weighted by Crippen LogP contribution is -2.04. The number of nitrogen functional groups attached to an aromatic ring is 1. The van der Waals surface area contributed by atoms with Crippen LogP contribution < -0.4 is 16.2 Å². The third kappa shape index (κ3) is 1.61. The maximum Gasteiger partial charge on any atom is 0.235 e. The molecule has 7 heteroatoms. The van der Waals surface area contributed by atoms with Crippen LogP contribution in [0.1, 0.15) is 12.7 Å². The molecule has 82 valence electrons. The minimum absolute atomic E-state index is 0.479. The van der Waals surface area contributed by atoms with Crippen molar-refractivity contribution in [2.75, 3.05) is 18.9 Å². The van der Waals surface area contributed by atoms with E-state index in [-0.39, 0.29) is 0 Å². The Hall–Kier alpha value is -1.76. The summed E-state index contributed by atoms with van der Waals surface area (Å²) in [5.41, 5.74) is 12.3. The summed E-state index contributed by atoms with van der Waals surface area (Å²) in [6, 6.07) is 0. The van der Waals surface area contributed by atoms with Crippen LogP contribution in [-0.2, 0) is 6.42 Å². The van der Waals surface area contributed by atoms with E-state index in [1.54, 1.807) is 0 Å². The van der Waals surface area contributed by atoms with Crippen molar-refractivity contribution in [2.24, 2.45) is 5.73 Å². The molecule has 2 aromatic rings. The van der Waals surface area contributed by atoms with E-state index in [4.69, 9.17) is 16.2 Å². The number of H-pyrrole nitrogens is 1. The minimum Gasteiger partial charge on any atom is -0.477 e. The van der Waals surface area contributed by atoms with Gasteiger partial charge >= 0.3 is 0 Å². The van der Waals surface area contributed by atoms with Gasteiger partial charge in [0.25, 0.3) is 0 Å². The lowest BCUT2D eigenvalue weighted by molar-refractivity contribution is 0.325. The van der Waals surface area contributed by atoms with Gasteiger partial charge in [0.1, 0.15) is 5.69 Å². The highest BCUT2D eigenvalue weighted by Gasteiger charge is 2.13. The minimum atomic E-state index is 0.479. The van der Waals surface area contributed by atoms with Crippen LogP contribution >= 0.6 is 0 Å². The second-order valence-electron chi connectivity index (χ2n) is 3.09. The summed E-state index contributed by atoms with van der Waals surface area (Å²) in [4.78, 5) is 4.24. The molecule has 0 saturated heterocycles. The van der Waals surface area contributed by atoms with Gasteiger partial charge in [-0.1, -0.05) is 0 Å². The molecule has 2 heterocycles. The molecule has 2 rings (SSSR count). The number of rotatable bonds is 4. The zero-order valence-electron chi connectivity index (χ0n) is 8.53. The Bertz CT molecular complexity index is 459. The van der Waals surface area contributed by atoms with Crippen molar-refractivity contribution in [3.05, 3.63) is 5.82 Å². The smallest absolute Gasteiger partial charge is 0.235 e. The number of hydrogen-bond acceptors (Lipinski definition) is 5. The van der Waals surface area contributed by atoms with E-state index in [0.717, 1.165) is 0 Å². The molecule has 0 aromatic carbocycles. The van der Waals surface area contributed by atoms with Gasteiger partial charge in [-0.05, 0) is 13.5 Å². The Balaban J connectivity index is 2.39. The zero-order chi connectivity index (χ0) is 10.8. The van der Waals surface area contributed by atoms with Crippen molar-refractivity contribution in [1.29, 1.82) is 0 Å². The Morgan fingerprint density at radius 3 is 2.93 bits per heavy atom. The number of anilines is 1. The van der Waals surface area contributed by atoms with E-state index < -0.39 is 0 Å². The number of nitrogens with two attached hydrogens (primary N) is 2. The molecule has 2 aromatic heterocycles. The van der Waals surface area contributed by atoms with Gasteiger partial charge in [0.15, 0.2) is 5.82 Å². The van der Waals surface area contributed by atoms with E-state index in [0.29, 0.717) is 42.6 Å². The number of nitrogens with one attached hydrogen (secondary N) is 1. The van der Waals surface area contributed by atoms with Crippen LogP contribution in [-0.4, -0.2) is 33.0 Å². The van der Waals surface area contributed by atoms with Crippen LogP contribution in [0.5, 0.6) is 5.88 Å². The van der Waals surface area contributed by atoms with Crippen LogP contribution in [0, 0.1) is 0 Å². The molecular weight excluding hydrogens is 196 g/mol. The number of fused-ring (bicyclic) bond motifs is 1. The van der Waals surface area contributed by atoms with Crippen molar-refractivity contribution in [3.8, 4) is 5.88 Å². The summed E-state index contributed by atoms with van der Waals surface area (Å²) in [5.74, 6) is 1.19. The fourth-order valence-corrected chi connectivity index (χ4v) is 1.35.